The third-order valence-electron chi connectivity index (χ3n) is 2.79. The number of rotatable bonds is 8. The van der Waals surface area contributed by atoms with Gasteiger partial charge in [-0.3, -0.25) is 0 Å². The standard InChI is InChI=1S/C12H28P.H2O/c1-5-9-13(10-6-2,11-7-3)12-8-4;/h5-12H2,1-4H3;1H2/q+1;. The minimum Gasteiger partial charge on any atom is -0.412 e. The second-order valence-electron chi connectivity index (χ2n) is 4.24. The first kappa shape index (κ1) is 16.8. The van der Waals surface area contributed by atoms with Crippen molar-refractivity contribution < 1.29 is 5.48 Å². The van der Waals surface area contributed by atoms with Gasteiger partial charge in [0.05, 0.1) is 24.6 Å². The molecule has 0 aromatic rings. The predicted octanol–water partition coefficient (Wildman–Crippen LogP) is 3.82. The topological polar surface area (TPSA) is 31.5 Å². The first-order valence-electron chi connectivity index (χ1n) is 6.09. The molecule has 0 atom stereocenters. The Bertz CT molecular complexity index is 85.4. The van der Waals surface area contributed by atoms with Gasteiger partial charge in [-0.05, 0) is 25.7 Å². The van der Waals surface area contributed by atoms with Crippen LogP contribution in [0.1, 0.15) is 53.4 Å². The first-order valence-corrected chi connectivity index (χ1v) is 8.62. The molecule has 0 unspecified atom stereocenters. The fourth-order valence-electron chi connectivity index (χ4n) is 2.57. The quantitative estimate of drug-likeness (QED) is 0.558. The lowest BCUT2D eigenvalue weighted by Gasteiger charge is -2.26. The Kier molecular flexibility index (Phi) is 11.9. The van der Waals surface area contributed by atoms with Crippen molar-refractivity contribution in [3.05, 3.63) is 0 Å². The van der Waals surface area contributed by atoms with Crippen LogP contribution < -0.4 is 0 Å². The summed E-state index contributed by atoms with van der Waals surface area (Å²) in [5.74, 6) is 0. The zero-order chi connectivity index (χ0) is 10.2. The fourth-order valence-corrected chi connectivity index (χ4v) is 7.70. The van der Waals surface area contributed by atoms with Gasteiger partial charge in [0.25, 0.3) is 0 Å². The molecule has 0 saturated heterocycles. The molecule has 0 aromatic carbocycles. The van der Waals surface area contributed by atoms with Gasteiger partial charge in [0.1, 0.15) is 0 Å². The van der Waals surface area contributed by atoms with Crippen LogP contribution in [0.5, 0.6) is 0 Å². The minimum absolute atomic E-state index is 0. The maximum absolute atomic E-state index is 2.36. The van der Waals surface area contributed by atoms with Crippen molar-refractivity contribution in [3.63, 3.8) is 0 Å². The molecular weight excluding hydrogens is 191 g/mol. The lowest BCUT2D eigenvalue weighted by atomic mass is 10.5. The van der Waals surface area contributed by atoms with E-state index in [0.29, 0.717) is 0 Å². The number of hydrogen-bond donors (Lipinski definition) is 0. The molecule has 0 fully saturated rings. The average molecular weight is 221 g/mol. The van der Waals surface area contributed by atoms with Crippen molar-refractivity contribution in [2.24, 2.45) is 0 Å². The maximum Gasteiger partial charge on any atom is 0.0591 e. The predicted molar refractivity (Wildman–Crippen MR) is 71.2 cm³/mol. The lowest BCUT2D eigenvalue weighted by molar-refractivity contribution is 0.824. The summed E-state index contributed by atoms with van der Waals surface area (Å²) in [6.45, 7) is 9.43. The van der Waals surface area contributed by atoms with Gasteiger partial charge in [-0.1, -0.05) is 27.7 Å². The molecule has 88 valence electrons. The molecule has 2 N–H and O–H groups in total. The maximum atomic E-state index is 2.36. The van der Waals surface area contributed by atoms with E-state index in [2.05, 4.69) is 27.7 Å². The Labute approximate surface area is 91.3 Å². The molecule has 0 aromatic heterocycles. The molecule has 0 heterocycles. The summed E-state index contributed by atoms with van der Waals surface area (Å²) in [5.41, 5.74) is 0. The van der Waals surface area contributed by atoms with Crippen molar-refractivity contribution in [1.82, 2.24) is 0 Å². The molecule has 14 heavy (non-hydrogen) atoms. The third-order valence-corrected chi connectivity index (χ3v) is 8.38. The van der Waals surface area contributed by atoms with Crippen LogP contribution in [0.4, 0.5) is 0 Å². The molecule has 0 amide bonds. The van der Waals surface area contributed by atoms with Gasteiger partial charge < -0.3 is 5.48 Å². The van der Waals surface area contributed by atoms with E-state index < -0.39 is 7.26 Å². The van der Waals surface area contributed by atoms with Gasteiger partial charge in [-0.25, -0.2) is 0 Å². The summed E-state index contributed by atoms with van der Waals surface area (Å²) < 4.78 is 0. The molecule has 0 saturated carbocycles. The Morgan fingerprint density at radius 2 is 0.786 bits per heavy atom. The minimum atomic E-state index is -0.496. The Balaban J connectivity index is 0. The van der Waals surface area contributed by atoms with E-state index in [9.17, 15) is 0 Å². The van der Waals surface area contributed by atoms with Gasteiger partial charge in [-0.15, -0.1) is 0 Å². The first-order chi connectivity index (χ1) is 6.24. The van der Waals surface area contributed by atoms with Gasteiger partial charge in [0.15, 0.2) is 0 Å². The molecule has 0 bridgehead atoms. The van der Waals surface area contributed by atoms with Crippen LogP contribution in [0.2, 0.25) is 0 Å². The summed E-state index contributed by atoms with van der Waals surface area (Å²) in [5, 5.41) is 0. The van der Waals surface area contributed by atoms with Crippen molar-refractivity contribution in [1.29, 1.82) is 0 Å². The second kappa shape index (κ2) is 9.93. The summed E-state index contributed by atoms with van der Waals surface area (Å²) in [7, 11) is -0.496. The third kappa shape index (κ3) is 5.98. The van der Waals surface area contributed by atoms with Crippen LogP contribution in [-0.4, -0.2) is 30.1 Å². The van der Waals surface area contributed by atoms with Crippen LogP contribution >= 0.6 is 7.26 Å². The highest BCUT2D eigenvalue weighted by atomic mass is 31.2. The van der Waals surface area contributed by atoms with Gasteiger partial charge in [-0.2, -0.15) is 0 Å². The van der Waals surface area contributed by atoms with Crippen molar-refractivity contribution in [2.45, 2.75) is 53.4 Å². The summed E-state index contributed by atoms with van der Waals surface area (Å²) in [6, 6.07) is 0. The van der Waals surface area contributed by atoms with Crippen molar-refractivity contribution in [2.75, 3.05) is 24.6 Å². The van der Waals surface area contributed by atoms with E-state index >= 15 is 0 Å². The smallest absolute Gasteiger partial charge is 0.0591 e. The lowest BCUT2D eigenvalue weighted by Crippen LogP contribution is -2.10. The SMILES string of the molecule is CCC[P+](CCC)(CCC)CCC.O. The van der Waals surface area contributed by atoms with Crippen LogP contribution in [0, 0.1) is 0 Å². The van der Waals surface area contributed by atoms with Gasteiger partial charge in [0, 0.05) is 7.26 Å². The highest BCUT2D eigenvalue weighted by molar-refractivity contribution is 7.75. The van der Waals surface area contributed by atoms with Gasteiger partial charge >= 0.3 is 0 Å². The highest BCUT2D eigenvalue weighted by Crippen LogP contribution is 2.60. The van der Waals surface area contributed by atoms with Crippen LogP contribution in [-0.2, 0) is 0 Å². The molecule has 0 spiro atoms. The summed E-state index contributed by atoms with van der Waals surface area (Å²) in [6.07, 6.45) is 11.9. The second-order valence-corrected chi connectivity index (χ2v) is 8.71. The summed E-state index contributed by atoms with van der Waals surface area (Å²) in [4.78, 5) is 0. The van der Waals surface area contributed by atoms with Gasteiger partial charge in [0.2, 0.25) is 0 Å². The van der Waals surface area contributed by atoms with E-state index in [1.54, 1.807) is 24.6 Å². The zero-order valence-electron chi connectivity index (χ0n) is 10.6. The van der Waals surface area contributed by atoms with E-state index in [4.69, 9.17) is 0 Å². The fraction of sp³-hybridized carbons (Fsp3) is 1.00. The largest absolute Gasteiger partial charge is 0.412 e. The zero-order valence-corrected chi connectivity index (χ0v) is 11.5. The highest BCUT2D eigenvalue weighted by Gasteiger charge is 2.32. The van der Waals surface area contributed by atoms with E-state index in [-0.39, 0.29) is 5.48 Å². The monoisotopic (exact) mass is 221 g/mol. The Hall–Kier alpha value is 0.390. The molecule has 0 aliphatic heterocycles. The molecule has 2 heteroatoms. The Morgan fingerprint density at radius 1 is 0.571 bits per heavy atom. The van der Waals surface area contributed by atoms with Crippen LogP contribution in [0.15, 0.2) is 0 Å². The molecular formula is C12H30OP+. The normalized spacial score (nSPS) is 11.1. The van der Waals surface area contributed by atoms with Crippen molar-refractivity contribution in [3.8, 4) is 0 Å². The van der Waals surface area contributed by atoms with E-state index in [1.165, 1.54) is 25.7 Å². The molecule has 0 aliphatic carbocycles. The molecule has 0 aliphatic rings. The molecule has 0 rings (SSSR count). The summed E-state index contributed by atoms with van der Waals surface area (Å²) >= 11 is 0. The molecule has 1 nitrogen and oxygen atoms in total. The van der Waals surface area contributed by atoms with E-state index in [0.717, 1.165) is 0 Å². The average Bonchev–Trinajstić information content (AvgIpc) is 2.06. The molecule has 0 radical (unpaired) electrons. The van der Waals surface area contributed by atoms with Crippen molar-refractivity contribution >= 4 is 7.26 Å². The van der Waals surface area contributed by atoms with E-state index in [1.807, 2.05) is 0 Å². The Morgan fingerprint density at radius 3 is 0.929 bits per heavy atom. The number of hydrogen-bond acceptors (Lipinski definition) is 0. The van der Waals surface area contributed by atoms with Crippen LogP contribution in [0.25, 0.3) is 0 Å². The van der Waals surface area contributed by atoms with Crippen LogP contribution in [0.3, 0.4) is 0 Å².